The molecule has 51 heavy (non-hydrogen) atoms. The van der Waals surface area contributed by atoms with Gasteiger partial charge in [0.2, 0.25) is 29.5 Å². The number of Topliss-reactive ketones (excluding diaryl/α,β-unsaturated/α-hetero) is 1. The van der Waals surface area contributed by atoms with Gasteiger partial charge in [-0.15, -0.1) is 0 Å². The van der Waals surface area contributed by atoms with Crippen LogP contribution >= 0.6 is 11.8 Å². The maximum absolute atomic E-state index is 13.4. The molecule has 0 saturated carbocycles. The van der Waals surface area contributed by atoms with Crippen molar-refractivity contribution in [2.75, 3.05) is 91.7 Å². The number of amides is 5. The standard InChI is InChI=1S/C34H63N7O9S/c1-51-28-22-32(46)41(33(28)47)18-4-2-3-8-27(42)23-34(24-48-19-9-29(43)38-15-5-12-35,25-49-20-10-30(44)39-16-6-13-36)26-50-21-11-31(45)40-17-7-14-37/h28H,2-26,35-37H2,1H3,(H,38,43)(H,39,44)(H,40,45). The number of thioether (sulfide) groups is 1. The van der Waals surface area contributed by atoms with Gasteiger partial charge in [-0.3, -0.25) is 33.7 Å². The van der Waals surface area contributed by atoms with Crippen molar-refractivity contribution >= 4 is 47.1 Å². The van der Waals surface area contributed by atoms with Crippen LogP contribution in [0.15, 0.2) is 0 Å². The van der Waals surface area contributed by atoms with E-state index in [4.69, 9.17) is 31.4 Å². The second kappa shape index (κ2) is 28.9. The minimum Gasteiger partial charge on any atom is -0.380 e. The molecule has 5 amide bonds. The Balaban J connectivity index is 2.88. The van der Waals surface area contributed by atoms with Gasteiger partial charge >= 0.3 is 0 Å². The Morgan fingerprint density at radius 1 is 0.706 bits per heavy atom. The molecular weight excluding hydrogens is 682 g/mol. The van der Waals surface area contributed by atoms with Crippen molar-refractivity contribution in [3.05, 3.63) is 0 Å². The summed E-state index contributed by atoms with van der Waals surface area (Å²) in [5.74, 6) is -0.905. The summed E-state index contributed by atoms with van der Waals surface area (Å²) < 4.78 is 17.9. The molecule has 1 aliphatic rings. The maximum atomic E-state index is 13.4. The van der Waals surface area contributed by atoms with Crippen LogP contribution in [0, 0.1) is 5.41 Å². The molecule has 16 nitrogen and oxygen atoms in total. The zero-order valence-electron chi connectivity index (χ0n) is 30.5. The third-order valence-electron chi connectivity index (χ3n) is 8.15. The highest BCUT2D eigenvalue weighted by molar-refractivity contribution is 8.00. The lowest BCUT2D eigenvalue weighted by atomic mass is 9.84. The van der Waals surface area contributed by atoms with Crippen LogP contribution in [0.3, 0.4) is 0 Å². The SMILES string of the molecule is CSC1CC(=O)N(CCCCCC(=O)CC(COCCC(=O)NCCCN)(COCCC(=O)NCCCN)COCCC(=O)NCCCN)C1=O. The van der Waals surface area contributed by atoms with Gasteiger partial charge in [0.1, 0.15) is 5.78 Å². The molecule has 17 heteroatoms. The molecule has 0 aromatic carbocycles. The first-order chi connectivity index (χ1) is 24.6. The molecule has 0 spiro atoms. The fourth-order valence-corrected chi connectivity index (χ4v) is 5.88. The summed E-state index contributed by atoms with van der Waals surface area (Å²) in [4.78, 5) is 76.0. The quantitative estimate of drug-likeness (QED) is 0.0370. The molecule has 0 aromatic heterocycles. The number of unbranched alkanes of at least 4 members (excludes halogenated alkanes) is 2. The third kappa shape index (κ3) is 21.5. The first kappa shape index (κ1) is 46.4. The van der Waals surface area contributed by atoms with Gasteiger partial charge in [-0.05, 0) is 58.0 Å². The van der Waals surface area contributed by atoms with E-state index in [1.165, 1.54) is 16.7 Å². The van der Waals surface area contributed by atoms with Crippen molar-refractivity contribution in [3.63, 3.8) is 0 Å². The number of nitrogens with zero attached hydrogens (tertiary/aromatic N) is 1. The fourth-order valence-electron chi connectivity index (χ4n) is 5.24. The van der Waals surface area contributed by atoms with E-state index in [2.05, 4.69) is 16.0 Å². The van der Waals surface area contributed by atoms with Gasteiger partial charge in [0, 0.05) is 70.1 Å². The molecule has 1 unspecified atom stereocenters. The van der Waals surface area contributed by atoms with E-state index >= 15 is 0 Å². The normalized spacial score (nSPS) is 14.6. The van der Waals surface area contributed by atoms with E-state index in [0.29, 0.717) is 84.3 Å². The van der Waals surface area contributed by atoms with Crippen LogP contribution in [-0.4, -0.2) is 137 Å². The number of ether oxygens (including phenoxy) is 3. The number of likely N-dealkylation sites (tertiary alicyclic amines) is 1. The fraction of sp³-hybridized carbons (Fsp3) is 0.824. The van der Waals surface area contributed by atoms with Crippen molar-refractivity contribution in [2.24, 2.45) is 22.6 Å². The van der Waals surface area contributed by atoms with Crippen LogP contribution in [0.25, 0.3) is 0 Å². The molecule has 1 fully saturated rings. The van der Waals surface area contributed by atoms with E-state index in [-0.39, 0.29) is 119 Å². The molecule has 0 aliphatic carbocycles. The zero-order valence-corrected chi connectivity index (χ0v) is 31.3. The predicted octanol–water partition coefficient (Wildman–Crippen LogP) is -0.402. The number of rotatable bonds is 33. The molecule has 1 heterocycles. The van der Waals surface area contributed by atoms with Crippen LogP contribution in [0.5, 0.6) is 0 Å². The zero-order chi connectivity index (χ0) is 37.7. The number of imide groups is 1. The molecule has 0 bridgehead atoms. The van der Waals surface area contributed by atoms with Crippen LogP contribution in [0.1, 0.15) is 77.0 Å². The summed E-state index contributed by atoms with van der Waals surface area (Å²) in [5, 5.41) is 8.03. The Kier molecular flexibility index (Phi) is 26.2. The number of carbonyl (C=O) groups excluding carboxylic acids is 6. The summed E-state index contributed by atoms with van der Waals surface area (Å²) in [6.07, 6.45) is 6.48. The van der Waals surface area contributed by atoms with Gasteiger partial charge in [0.15, 0.2) is 0 Å². The Hall–Kier alpha value is -2.67. The summed E-state index contributed by atoms with van der Waals surface area (Å²) >= 11 is 1.38. The number of carbonyl (C=O) groups is 6. The lowest BCUT2D eigenvalue weighted by Gasteiger charge is -2.33. The summed E-state index contributed by atoms with van der Waals surface area (Å²) in [6, 6.07) is 0. The number of hydrogen-bond acceptors (Lipinski definition) is 13. The molecule has 1 rings (SSSR count). The molecule has 1 aliphatic heterocycles. The second-order valence-electron chi connectivity index (χ2n) is 12.7. The highest BCUT2D eigenvalue weighted by atomic mass is 32.2. The highest BCUT2D eigenvalue weighted by Crippen LogP contribution is 2.27. The largest absolute Gasteiger partial charge is 0.380 e. The molecule has 294 valence electrons. The minimum absolute atomic E-state index is 0.0377. The first-order valence-corrected chi connectivity index (χ1v) is 19.4. The lowest BCUT2D eigenvalue weighted by Crippen LogP contribution is -2.40. The Labute approximate surface area is 307 Å². The third-order valence-corrected chi connectivity index (χ3v) is 9.09. The van der Waals surface area contributed by atoms with Crippen molar-refractivity contribution in [3.8, 4) is 0 Å². The Morgan fingerprint density at radius 2 is 1.16 bits per heavy atom. The minimum atomic E-state index is -0.958. The summed E-state index contributed by atoms with van der Waals surface area (Å²) in [7, 11) is 0. The topological polar surface area (TPSA) is 248 Å². The van der Waals surface area contributed by atoms with Gasteiger partial charge in [-0.2, -0.15) is 11.8 Å². The number of ketones is 1. The average molecular weight is 746 g/mol. The Morgan fingerprint density at radius 3 is 1.55 bits per heavy atom. The predicted molar refractivity (Wildman–Crippen MR) is 196 cm³/mol. The van der Waals surface area contributed by atoms with Crippen LogP contribution in [0.4, 0.5) is 0 Å². The molecule has 9 N–H and O–H groups in total. The molecule has 1 saturated heterocycles. The van der Waals surface area contributed by atoms with E-state index in [1.54, 1.807) is 0 Å². The van der Waals surface area contributed by atoms with E-state index < -0.39 is 5.41 Å². The lowest BCUT2D eigenvalue weighted by molar-refractivity contribution is -0.138. The van der Waals surface area contributed by atoms with Gasteiger partial charge in [-0.1, -0.05) is 6.42 Å². The summed E-state index contributed by atoms with van der Waals surface area (Å²) in [5.41, 5.74) is 15.5. The van der Waals surface area contributed by atoms with Crippen molar-refractivity contribution in [1.82, 2.24) is 20.9 Å². The van der Waals surface area contributed by atoms with Crippen LogP contribution in [0.2, 0.25) is 0 Å². The molecular formula is C34H63N7O9S. The first-order valence-electron chi connectivity index (χ1n) is 18.1. The Bertz CT molecular complexity index is 980. The number of hydrogen-bond donors (Lipinski definition) is 6. The van der Waals surface area contributed by atoms with E-state index in [1.807, 2.05) is 6.26 Å². The van der Waals surface area contributed by atoms with Gasteiger partial charge in [-0.25, -0.2) is 0 Å². The maximum Gasteiger partial charge on any atom is 0.242 e. The summed E-state index contributed by atoms with van der Waals surface area (Å²) in [6.45, 7) is 3.56. The number of nitrogens with two attached hydrogens (primary N) is 3. The highest BCUT2D eigenvalue weighted by Gasteiger charge is 2.37. The van der Waals surface area contributed by atoms with Crippen molar-refractivity contribution in [2.45, 2.75) is 82.3 Å². The van der Waals surface area contributed by atoms with Crippen LogP contribution < -0.4 is 33.2 Å². The van der Waals surface area contributed by atoms with Gasteiger partial charge in [0.05, 0.1) is 44.9 Å². The van der Waals surface area contributed by atoms with E-state index in [0.717, 1.165) is 0 Å². The smallest absolute Gasteiger partial charge is 0.242 e. The average Bonchev–Trinajstić information content (AvgIpc) is 3.38. The molecule has 0 radical (unpaired) electrons. The van der Waals surface area contributed by atoms with E-state index in [9.17, 15) is 28.8 Å². The number of nitrogens with one attached hydrogen (secondary N) is 3. The van der Waals surface area contributed by atoms with Crippen LogP contribution in [-0.2, 0) is 43.0 Å². The monoisotopic (exact) mass is 745 g/mol. The molecule has 1 atom stereocenters. The van der Waals surface area contributed by atoms with Gasteiger partial charge in [0.25, 0.3) is 0 Å². The molecule has 0 aromatic rings. The van der Waals surface area contributed by atoms with Crippen molar-refractivity contribution in [1.29, 1.82) is 0 Å². The second-order valence-corrected chi connectivity index (χ2v) is 13.8. The van der Waals surface area contributed by atoms with Crippen molar-refractivity contribution < 1.29 is 43.0 Å². The van der Waals surface area contributed by atoms with Gasteiger partial charge < -0.3 is 47.4 Å².